The number of nitrogens with zero attached hydrogens (tertiary/aromatic N) is 1. The van der Waals surface area contributed by atoms with Gasteiger partial charge in [-0.1, -0.05) is 13.3 Å². The number of amides is 3. The maximum absolute atomic E-state index is 11.1. The fourth-order valence-electron chi connectivity index (χ4n) is 1.78. The molecule has 2 rings (SSSR count). The van der Waals surface area contributed by atoms with E-state index < -0.39 is 0 Å². The summed E-state index contributed by atoms with van der Waals surface area (Å²) in [7, 11) is 0. The molecule has 1 heterocycles. The third kappa shape index (κ3) is 1.07. The Morgan fingerprint density at radius 1 is 1.58 bits per heavy atom. The number of hydrogen-bond donors (Lipinski definition) is 1. The molecule has 66 valence electrons. The molecule has 0 bridgehead atoms. The van der Waals surface area contributed by atoms with Gasteiger partial charge < -0.3 is 4.90 Å². The van der Waals surface area contributed by atoms with Crippen LogP contribution in [0, 0.1) is 5.92 Å². The van der Waals surface area contributed by atoms with Gasteiger partial charge in [-0.2, -0.15) is 0 Å². The zero-order chi connectivity index (χ0) is 8.72. The highest BCUT2D eigenvalue weighted by Gasteiger charge is 2.45. The standard InChI is InChI=1S/C8H12N2O2/c1-2-5-3-6(5)10-4-7(11)9-8(10)12/h5-6H,2-4H2,1H3,(H,9,11,12). The van der Waals surface area contributed by atoms with Crippen LogP contribution < -0.4 is 5.32 Å². The van der Waals surface area contributed by atoms with Gasteiger partial charge in [0.1, 0.15) is 6.54 Å². The van der Waals surface area contributed by atoms with E-state index in [1.54, 1.807) is 4.90 Å². The van der Waals surface area contributed by atoms with Gasteiger partial charge in [0.25, 0.3) is 0 Å². The minimum absolute atomic E-state index is 0.165. The average Bonchev–Trinajstić information content (AvgIpc) is 2.72. The van der Waals surface area contributed by atoms with Crippen LogP contribution in [0.1, 0.15) is 19.8 Å². The maximum Gasteiger partial charge on any atom is 0.324 e. The topological polar surface area (TPSA) is 49.4 Å². The molecule has 2 atom stereocenters. The van der Waals surface area contributed by atoms with Gasteiger partial charge in [0.05, 0.1) is 0 Å². The summed E-state index contributed by atoms with van der Waals surface area (Å²) >= 11 is 0. The van der Waals surface area contributed by atoms with Crippen LogP contribution in [0.25, 0.3) is 0 Å². The second-order valence-electron chi connectivity index (χ2n) is 3.45. The van der Waals surface area contributed by atoms with Gasteiger partial charge in [-0.3, -0.25) is 10.1 Å². The van der Waals surface area contributed by atoms with Crippen molar-refractivity contribution in [1.82, 2.24) is 10.2 Å². The number of imide groups is 1. The van der Waals surface area contributed by atoms with Crippen molar-refractivity contribution in [3.63, 3.8) is 0 Å². The predicted molar refractivity (Wildman–Crippen MR) is 42.4 cm³/mol. The van der Waals surface area contributed by atoms with Crippen molar-refractivity contribution in [3.8, 4) is 0 Å². The third-order valence-corrected chi connectivity index (χ3v) is 2.63. The van der Waals surface area contributed by atoms with E-state index in [1.807, 2.05) is 0 Å². The summed E-state index contributed by atoms with van der Waals surface area (Å²) in [6.07, 6.45) is 2.17. The first-order valence-electron chi connectivity index (χ1n) is 4.33. The first-order valence-corrected chi connectivity index (χ1v) is 4.33. The Morgan fingerprint density at radius 3 is 2.75 bits per heavy atom. The highest BCUT2D eigenvalue weighted by Crippen LogP contribution is 2.38. The minimum Gasteiger partial charge on any atom is -0.312 e. The van der Waals surface area contributed by atoms with Crippen LogP contribution in [0.3, 0.4) is 0 Å². The lowest BCUT2D eigenvalue weighted by Gasteiger charge is -2.11. The molecule has 0 spiro atoms. The smallest absolute Gasteiger partial charge is 0.312 e. The Hall–Kier alpha value is -1.06. The molecule has 3 amide bonds. The van der Waals surface area contributed by atoms with E-state index in [9.17, 15) is 9.59 Å². The molecule has 1 aliphatic heterocycles. The Bertz CT molecular complexity index is 239. The summed E-state index contributed by atoms with van der Waals surface area (Å²) in [5.74, 6) is 0.461. The number of urea groups is 1. The first kappa shape index (κ1) is 7.58. The van der Waals surface area contributed by atoms with Gasteiger partial charge in [0.15, 0.2) is 0 Å². The Kier molecular flexibility index (Phi) is 1.56. The van der Waals surface area contributed by atoms with Gasteiger partial charge in [-0.15, -0.1) is 0 Å². The van der Waals surface area contributed by atoms with E-state index in [-0.39, 0.29) is 18.5 Å². The molecule has 0 aromatic heterocycles. The lowest BCUT2D eigenvalue weighted by atomic mass is 10.3. The molecule has 1 N–H and O–H groups in total. The molecular weight excluding hydrogens is 156 g/mol. The Morgan fingerprint density at radius 2 is 2.33 bits per heavy atom. The number of nitrogens with one attached hydrogen (secondary N) is 1. The molecule has 0 radical (unpaired) electrons. The van der Waals surface area contributed by atoms with Crippen LogP contribution in [-0.4, -0.2) is 29.4 Å². The van der Waals surface area contributed by atoms with Crippen molar-refractivity contribution >= 4 is 11.9 Å². The summed E-state index contributed by atoms with van der Waals surface area (Å²) < 4.78 is 0. The van der Waals surface area contributed by atoms with E-state index in [0.717, 1.165) is 12.8 Å². The normalized spacial score (nSPS) is 33.9. The number of carbonyl (C=O) groups excluding carboxylic acids is 2. The summed E-state index contributed by atoms with van der Waals surface area (Å²) in [6, 6.07) is 0.127. The van der Waals surface area contributed by atoms with Crippen LogP contribution in [0.15, 0.2) is 0 Å². The van der Waals surface area contributed by atoms with E-state index in [2.05, 4.69) is 12.2 Å². The molecule has 1 aliphatic carbocycles. The molecule has 0 aromatic carbocycles. The maximum atomic E-state index is 11.1. The second-order valence-corrected chi connectivity index (χ2v) is 3.45. The SMILES string of the molecule is CCC1CC1N1CC(=O)NC1=O. The third-order valence-electron chi connectivity index (χ3n) is 2.63. The Balaban J connectivity index is 1.98. The molecule has 2 fully saturated rings. The fraction of sp³-hybridized carbons (Fsp3) is 0.750. The largest absolute Gasteiger partial charge is 0.324 e. The zero-order valence-electron chi connectivity index (χ0n) is 7.04. The van der Waals surface area contributed by atoms with Crippen molar-refractivity contribution < 1.29 is 9.59 Å². The second kappa shape index (κ2) is 2.47. The molecule has 12 heavy (non-hydrogen) atoms. The summed E-state index contributed by atoms with van der Waals surface area (Å²) in [6.45, 7) is 2.38. The summed E-state index contributed by atoms with van der Waals surface area (Å²) in [4.78, 5) is 23.6. The van der Waals surface area contributed by atoms with Crippen molar-refractivity contribution in [2.24, 2.45) is 5.92 Å². The lowest BCUT2D eigenvalue weighted by Crippen LogP contribution is -2.31. The molecule has 1 saturated heterocycles. The van der Waals surface area contributed by atoms with Gasteiger partial charge in [0.2, 0.25) is 5.91 Å². The van der Waals surface area contributed by atoms with Gasteiger partial charge >= 0.3 is 6.03 Å². The Labute approximate surface area is 70.9 Å². The number of carbonyl (C=O) groups is 2. The number of rotatable bonds is 2. The number of hydrogen-bond acceptors (Lipinski definition) is 2. The van der Waals surface area contributed by atoms with E-state index >= 15 is 0 Å². The summed E-state index contributed by atoms with van der Waals surface area (Å²) in [5.41, 5.74) is 0. The highest BCUT2D eigenvalue weighted by atomic mass is 16.2. The van der Waals surface area contributed by atoms with Crippen molar-refractivity contribution in [2.75, 3.05) is 6.54 Å². The van der Waals surface area contributed by atoms with Gasteiger partial charge in [0, 0.05) is 6.04 Å². The molecular formula is C8H12N2O2. The van der Waals surface area contributed by atoms with Crippen LogP contribution in [0.5, 0.6) is 0 Å². The van der Waals surface area contributed by atoms with E-state index in [4.69, 9.17) is 0 Å². The molecule has 4 nitrogen and oxygen atoms in total. The van der Waals surface area contributed by atoms with Crippen molar-refractivity contribution in [1.29, 1.82) is 0 Å². The molecule has 2 aliphatic rings. The minimum atomic E-state index is -0.207. The molecule has 2 unspecified atom stereocenters. The molecule has 1 saturated carbocycles. The highest BCUT2D eigenvalue weighted by molar-refractivity contribution is 6.02. The molecule has 0 aromatic rings. The zero-order valence-corrected chi connectivity index (χ0v) is 7.04. The van der Waals surface area contributed by atoms with Crippen LogP contribution in [0.2, 0.25) is 0 Å². The van der Waals surface area contributed by atoms with Crippen molar-refractivity contribution in [3.05, 3.63) is 0 Å². The van der Waals surface area contributed by atoms with Crippen LogP contribution in [-0.2, 0) is 4.79 Å². The first-order chi connectivity index (χ1) is 5.72. The van der Waals surface area contributed by atoms with Crippen LogP contribution >= 0.6 is 0 Å². The quantitative estimate of drug-likeness (QED) is 0.604. The van der Waals surface area contributed by atoms with E-state index in [0.29, 0.717) is 12.0 Å². The van der Waals surface area contributed by atoms with Crippen molar-refractivity contribution in [2.45, 2.75) is 25.8 Å². The van der Waals surface area contributed by atoms with E-state index in [1.165, 1.54) is 0 Å². The summed E-state index contributed by atoms with van der Waals surface area (Å²) in [5, 5.41) is 2.28. The van der Waals surface area contributed by atoms with Gasteiger partial charge in [-0.25, -0.2) is 4.79 Å². The fourth-order valence-corrected chi connectivity index (χ4v) is 1.78. The van der Waals surface area contributed by atoms with Crippen LogP contribution in [0.4, 0.5) is 4.79 Å². The predicted octanol–water partition coefficient (Wildman–Crippen LogP) is 0.337. The lowest BCUT2D eigenvalue weighted by molar-refractivity contribution is -0.118. The average molecular weight is 168 g/mol. The molecule has 4 heteroatoms. The van der Waals surface area contributed by atoms with Gasteiger partial charge in [-0.05, 0) is 12.3 Å². The monoisotopic (exact) mass is 168 g/mol.